The highest BCUT2D eigenvalue weighted by Gasteiger charge is 2.41. The summed E-state index contributed by atoms with van der Waals surface area (Å²) in [6.45, 7) is 2.47. The second-order valence-corrected chi connectivity index (χ2v) is 7.14. The molecule has 2 saturated heterocycles. The molecule has 29 heavy (non-hydrogen) atoms. The number of aromatic nitrogens is 1. The molecule has 0 radical (unpaired) electrons. The first kappa shape index (κ1) is 19.5. The molecule has 8 heteroatoms. The number of benzene rings is 1. The molecule has 4 rings (SSSR count). The van der Waals surface area contributed by atoms with Gasteiger partial charge in [0.2, 0.25) is 0 Å². The molecular weight excluding hydrogens is 377 g/mol. The van der Waals surface area contributed by atoms with Crippen LogP contribution in [0.25, 0.3) is 0 Å². The summed E-state index contributed by atoms with van der Waals surface area (Å²) in [5, 5.41) is 2.77. The quantitative estimate of drug-likeness (QED) is 0.852. The highest BCUT2D eigenvalue weighted by Crippen LogP contribution is 2.31. The largest absolute Gasteiger partial charge is 0.348 e. The fraction of sp³-hybridized carbons (Fsp3) is 0.381. The van der Waals surface area contributed by atoms with E-state index in [4.69, 9.17) is 9.47 Å². The van der Waals surface area contributed by atoms with Crippen molar-refractivity contribution >= 4 is 11.8 Å². The lowest BCUT2D eigenvalue weighted by atomic mass is 10.0. The fourth-order valence-electron chi connectivity index (χ4n) is 3.57. The minimum Gasteiger partial charge on any atom is -0.348 e. The molecule has 7 nitrogen and oxygen atoms in total. The molecule has 2 aliphatic rings. The predicted molar refractivity (Wildman–Crippen MR) is 102 cm³/mol. The number of amides is 2. The van der Waals surface area contributed by atoms with E-state index in [9.17, 15) is 14.0 Å². The number of ether oxygens (including phenoxy) is 2. The number of hydrogen-bond acceptors (Lipinski definition) is 5. The van der Waals surface area contributed by atoms with Gasteiger partial charge in [0, 0.05) is 44.2 Å². The number of nitrogens with one attached hydrogen (secondary N) is 1. The van der Waals surface area contributed by atoms with E-state index in [0.29, 0.717) is 44.7 Å². The van der Waals surface area contributed by atoms with Crippen molar-refractivity contribution < 1.29 is 23.5 Å². The number of rotatable bonds is 4. The Hall–Kier alpha value is -2.84. The molecule has 2 aliphatic heterocycles. The average Bonchev–Trinajstić information content (AvgIpc) is 3.21. The standard InChI is InChI=1S/C21H22FN3O4/c22-17-3-1-15(2-4-17)14-24-19(26)16-5-8-23-18(13-16)20(27)25-9-6-21(7-10-25)28-11-12-29-21/h1-5,8,13H,6-7,9-12,14H2,(H,24,26). The van der Waals surface area contributed by atoms with E-state index in [1.54, 1.807) is 23.1 Å². The zero-order chi connectivity index (χ0) is 20.3. The summed E-state index contributed by atoms with van der Waals surface area (Å²) in [4.78, 5) is 31.1. The Labute approximate surface area is 167 Å². The van der Waals surface area contributed by atoms with Crippen molar-refractivity contribution in [1.82, 2.24) is 15.2 Å². The van der Waals surface area contributed by atoms with Crippen LogP contribution in [0.15, 0.2) is 42.6 Å². The molecule has 0 bridgehead atoms. The van der Waals surface area contributed by atoms with Crippen molar-refractivity contribution in [3.8, 4) is 0 Å². The first-order chi connectivity index (χ1) is 14.0. The lowest BCUT2D eigenvalue weighted by Gasteiger charge is -2.37. The maximum Gasteiger partial charge on any atom is 0.272 e. The zero-order valence-corrected chi connectivity index (χ0v) is 15.9. The van der Waals surface area contributed by atoms with E-state index in [1.807, 2.05) is 0 Å². The number of piperidine rings is 1. The van der Waals surface area contributed by atoms with Gasteiger partial charge in [-0.05, 0) is 29.8 Å². The molecular formula is C21H22FN3O4. The topological polar surface area (TPSA) is 80.8 Å². The number of nitrogens with zero attached hydrogens (tertiary/aromatic N) is 2. The first-order valence-corrected chi connectivity index (χ1v) is 9.61. The van der Waals surface area contributed by atoms with Gasteiger partial charge >= 0.3 is 0 Å². The van der Waals surface area contributed by atoms with Gasteiger partial charge in [-0.3, -0.25) is 14.6 Å². The molecule has 2 aromatic rings. The Morgan fingerprint density at radius 3 is 2.48 bits per heavy atom. The third-order valence-corrected chi connectivity index (χ3v) is 5.23. The number of likely N-dealkylation sites (tertiary alicyclic amines) is 1. The van der Waals surface area contributed by atoms with Crippen LogP contribution in [-0.4, -0.2) is 53.8 Å². The smallest absolute Gasteiger partial charge is 0.272 e. The van der Waals surface area contributed by atoms with E-state index in [-0.39, 0.29) is 29.9 Å². The second-order valence-electron chi connectivity index (χ2n) is 7.14. The third-order valence-electron chi connectivity index (χ3n) is 5.23. The molecule has 0 atom stereocenters. The van der Waals surface area contributed by atoms with E-state index in [1.165, 1.54) is 24.4 Å². The summed E-state index contributed by atoms with van der Waals surface area (Å²) in [6, 6.07) is 8.96. The van der Waals surface area contributed by atoms with Crippen molar-refractivity contribution in [3.05, 3.63) is 65.2 Å². The van der Waals surface area contributed by atoms with Crippen LogP contribution < -0.4 is 5.32 Å². The van der Waals surface area contributed by atoms with Crippen LogP contribution in [-0.2, 0) is 16.0 Å². The average molecular weight is 399 g/mol. The summed E-state index contributed by atoms with van der Waals surface area (Å²) < 4.78 is 24.3. The zero-order valence-electron chi connectivity index (χ0n) is 15.9. The maximum atomic E-state index is 13.0. The molecule has 1 aromatic carbocycles. The van der Waals surface area contributed by atoms with Gasteiger partial charge in [-0.1, -0.05) is 12.1 Å². The number of carbonyl (C=O) groups excluding carboxylic acids is 2. The van der Waals surface area contributed by atoms with Crippen LogP contribution in [0.3, 0.4) is 0 Å². The van der Waals surface area contributed by atoms with Gasteiger partial charge in [0.1, 0.15) is 11.5 Å². The van der Waals surface area contributed by atoms with E-state index < -0.39 is 5.79 Å². The number of hydrogen-bond donors (Lipinski definition) is 1. The molecule has 2 amide bonds. The third kappa shape index (κ3) is 4.44. The van der Waals surface area contributed by atoms with Crippen molar-refractivity contribution in [2.45, 2.75) is 25.2 Å². The monoisotopic (exact) mass is 399 g/mol. The lowest BCUT2D eigenvalue weighted by Crippen LogP contribution is -2.47. The van der Waals surface area contributed by atoms with Crippen LogP contribution >= 0.6 is 0 Å². The highest BCUT2D eigenvalue weighted by atomic mass is 19.1. The van der Waals surface area contributed by atoms with Crippen LogP contribution in [0.1, 0.15) is 39.3 Å². The SMILES string of the molecule is O=C(NCc1ccc(F)cc1)c1ccnc(C(=O)N2CCC3(CC2)OCCO3)c1. The summed E-state index contributed by atoms with van der Waals surface area (Å²) in [5.41, 5.74) is 1.36. The highest BCUT2D eigenvalue weighted by molar-refractivity contribution is 5.98. The normalized spacial score (nSPS) is 18.0. The Bertz CT molecular complexity index is 887. The van der Waals surface area contributed by atoms with E-state index in [2.05, 4.69) is 10.3 Å². The summed E-state index contributed by atoms with van der Waals surface area (Å²) >= 11 is 0. The number of carbonyl (C=O) groups is 2. The first-order valence-electron chi connectivity index (χ1n) is 9.61. The summed E-state index contributed by atoms with van der Waals surface area (Å²) in [5.74, 6) is -1.42. The van der Waals surface area contributed by atoms with Crippen LogP contribution in [0.5, 0.6) is 0 Å². The van der Waals surface area contributed by atoms with E-state index in [0.717, 1.165) is 5.56 Å². The van der Waals surface area contributed by atoms with Crippen molar-refractivity contribution in [3.63, 3.8) is 0 Å². The Morgan fingerprint density at radius 1 is 1.10 bits per heavy atom. The molecule has 0 saturated carbocycles. The van der Waals surface area contributed by atoms with Crippen LogP contribution in [0.2, 0.25) is 0 Å². The van der Waals surface area contributed by atoms with Gasteiger partial charge < -0.3 is 19.7 Å². The molecule has 1 spiro atoms. The Kier molecular flexibility index (Phi) is 5.55. The van der Waals surface area contributed by atoms with Gasteiger partial charge in [0.15, 0.2) is 5.79 Å². The van der Waals surface area contributed by atoms with Crippen molar-refractivity contribution in [1.29, 1.82) is 0 Å². The molecule has 0 aliphatic carbocycles. The van der Waals surface area contributed by atoms with Gasteiger partial charge in [0.05, 0.1) is 13.2 Å². The van der Waals surface area contributed by atoms with Gasteiger partial charge in [-0.15, -0.1) is 0 Å². The minimum atomic E-state index is -0.549. The van der Waals surface area contributed by atoms with Crippen LogP contribution in [0.4, 0.5) is 4.39 Å². The molecule has 1 aromatic heterocycles. The summed E-state index contributed by atoms with van der Waals surface area (Å²) in [6.07, 6.45) is 2.70. The minimum absolute atomic E-state index is 0.217. The van der Waals surface area contributed by atoms with Crippen molar-refractivity contribution in [2.75, 3.05) is 26.3 Å². The number of halogens is 1. The maximum absolute atomic E-state index is 13.0. The van der Waals surface area contributed by atoms with Gasteiger partial charge in [-0.25, -0.2) is 4.39 Å². The van der Waals surface area contributed by atoms with E-state index >= 15 is 0 Å². The van der Waals surface area contributed by atoms with Crippen molar-refractivity contribution in [2.24, 2.45) is 0 Å². The summed E-state index contributed by atoms with van der Waals surface area (Å²) in [7, 11) is 0. The van der Waals surface area contributed by atoms with Gasteiger partial charge in [0.25, 0.3) is 11.8 Å². The molecule has 152 valence electrons. The van der Waals surface area contributed by atoms with Crippen LogP contribution in [0, 0.1) is 5.82 Å². The predicted octanol–water partition coefficient (Wildman–Crippen LogP) is 2.13. The second kappa shape index (κ2) is 8.26. The fourth-order valence-corrected chi connectivity index (χ4v) is 3.57. The number of pyridine rings is 1. The lowest BCUT2D eigenvalue weighted by molar-refractivity contribution is -0.181. The Balaban J connectivity index is 1.37. The van der Waals surface area contributed by atoms with Gasteiger partial charge in [-0.2, -0.15) is 0 Å². The molecule has 1 N–H and O–H groups in total. The molecule has 0 unspecified atom stereocenters. The Morgan fingerprint density at radius 2 is 1.79 bits per heavy atom. The molecule has 3 heterocycles. The molecule has 2 fully saturated rings.